The van der Waals surface area contributed by atoms with Crippen molar-refractivity contribution >= 4 is 5.69 Å². The van der Waals surface area contributed by atoms with Gasteiger partial charge in [0, 0.05) is 11.6 Å². The Morgan fingerprint density at radius 2 is 1.56 bits per heavy atom. The molecule has 2 aromatic carbocycles. The van der Waals surface area contributed by atoms with Crippen molar-refractivity contribution in [2.45, 2.75) is 0 Å². The molecule has 0 saturated heterocycles. The van der Waals surface area contributed by atoms with Crippen LogP contribution in [0.15, 0.2) is 36.4 Å². The lowest BCUT2D eigenvalue weighted by molar-refractivity contribution is 0.494. The molecule has 0 aromatic heterocycles. The molecular formula is C14H8F3N. The number of rotatable bonds is 0. The smallest absolute Gasteiger partial charge is 0.176 e. The summed E-state index contributed by atoms with van der Waals surface area (Å²) in [4.78, 5) is 0. The van der Waals surface area contributed by atoms with E-state index in [0.29, 0.717) is 11.6 Å². The molecule has 0 fully saturated rings. The summed E-state index contributed by atoms with van der Waals surface area (Å²) >= 11 is 0. The Kier molecular flexibility index (Phi) is 3.24. The second-order valence-electron chi connectivity index (χ2n) is 3.56. The van der Waals surface area contributed by atoms with E-state index in [-0.39, 0.29) is 0 Å². The monoisotopic (exact) mass is 247 g/mol. The van der Waals surface area contributed by atoms with E-state index >= 15 is 0 Å². The van der Waals surface area contributed by atoms with Gasteiger partial charge in [0.25, 0.3) is 0 Å². The summed E-state index contributed by atoms with van der Waals surface area (Å²) in [6, 6.07) is 9.07. The molecule has 18 heavy (non-hydrogen) atoms. The van der Waals surface area contributed by atoms with Gasteiger partial charge in [-0.1, -0.05) is 30.0 Å². The molecule has 0 aliphatic carbocycles. The third kappa shape index (κ3) is 2.30. The van der Waals surface area contributed by atoms with Gasteiger partial charge in [0.2, 0.25) is 0 Å². The lowest BCUT2D eigenvalue weighted by Gasteiger charge is -2.02. The molecule has 0 radical (unpaired) electrons. The van der Waals surface area contributed by atoms with E-state index in [0.717, 1.165) is 0 Å². The highest BCUT2D eigenvalue weighted by Gasteiger charge is 2.14. The minimum Gasteiger partial charge on any atom is -0.395 e. The predicted octanol–water partition coefficient (Wildman–Crippen LogP) is 3.09. The summed E-state index contributed by atoms with van der Waals surface area (Å²) in [5, 5.41) is 0. The Morgan fingerprint density at radius 1 is 0.889 bits per heavy atom. The molecule has 0 saturated carbocycles. The first-order valence-electron chi connectivity index (χ1n) is 5.09. The van der Waals surface area contributed by atoms with Gasteiger partial charge < -0.3 is 5.73 Å². The largest absolute Gasteiger partial charge is 0.395 e. The van der Waals surface area contributed by atoms with E-state index in [1.54, 1.807) is 30.3 Å². The van der Waals surface area contributed by atoms with Gasteiger partial charge in [-0.05, 0) is 12.1 Å². The first-order chi connectivity index (χ1) is 8.59. The van der Waals surface area contributed by atoms with E-state index in [9.17, 15) is 13.2 Å². The Morgan fingerprint density at radius 3 is 2.22 bits per heavy atom. The van der Waals surface area contributed by atoms with Crippen LogP contribution in [0.5, 0.6) is 0 Å². The maximum absolute atomic E-state index is 13.4. The first kappa shape index (κ1) is 12.1. The van der Waals surface area contributed by atoms with Crippen molar-refractivity contribution in [2.75, 3.05) is 5.73 Å². The average Bonchev–Trinajstić information content (AvgIpc) is 2.38. The molecule has 0 atom stereocenters. The lowest BCUT2D eigenvalue weighted by Crippen LogP contribution is -2.01. The van der Waals surface area contributed by atoms with Gasteiger partial charge in [-0.3, -0.25) is 0 Å². The molecular weight excluding hydrogens is 239 g/mol. The predicted molar refractivity (Wildman–Crippen MR) is 63.2 cm³/mol. The molecule has 90 valence electrons. The summed E-state index contributed by atoms with van der Waals surface area (Å²) in [6.45, 7) is 0. The van der Waals surface area contributed by atoms with Crippen molar-refractivity contribution in [1.29, 1.82) is 0 Å². The van der Waals surface area contributed by atoms with Crippen molar-refractivity contribution in [2.24, 2.45) is 0 Å². The standard InChI is InChI=1S/C14H8F3N/c15-11-8-12(16)14(18)10(13(11)17)7-6-9-4-2-1-3-5-9/h1-5,8H,18H2. The molecule has 4 heteroatoms. The number of hydrogen-bond donors (Lipinski definition) is 1. The molecule has 0 spiro atoms. The van der Waals surface area contributed by atoms with E-state index in [2.05, 4.69) is 11.8 Å². The molecule has 2 rings (SSSR count). The van der Waals surface area contributed by atoms with Crippen LogP contribution in [0.2, 0.25) is 0 Å². The van der Waals surface area contributed by atoms with Gasteiger partial charge in [0.05, 0.1) is 11.3 Å². The minimum atomic E-state index is -1.31. The fraction of sp³-hybridized carbons (Fsp3) is 0. The highest BCUT2D eigenvalue weighted by Crippen LogP contribution is 2.21. The van der Waals surface area contributed by atoms with Gasteiger partial charge in [-0.25, -0.2) is 13.2 Å². The van der Waals surface area contributed by atoms with Crippen LogP contribution in [-0.4, -0.2) is 0 Å². The average molecular weight is 247 g/mol. The summed E-state index contributed by atoms with van der Waals surface area (Å²) in [5.41, 5.74) is 4.98. The van der Waals surface area contributed by atoms with E-state index < -0.39 is 28.7 Å². The first-order valence-corrected chi connectivity index (χ1v) is 5.09. The molecule has 0 bridgehead atoms. The van der Waals surface area contributed by atoms with Crippen molar-refractivity contribution in [3.8, 4) is 11.8 Å². The van der Waals surface area contributed by atoms with Crippen molar-refractivity contribution < 1.29 is 13.2 Å². The molecule has 0 aliphatic heterocycles. The van der Waals surface area contributed by atoms with E-state index in [4.69, 9.17) is 5.73 Å². The summed E-state index contributed by atoms with van der Waals surface area (Å²) in [6.07, 6.45) is 0. The SMILES string of the molecule is Nc1c(F)cc(F)c(F)c1C#Cc1ccccc1. The number of nitrogen functional groups attached to an aromatic ring is 1. The van der Waals surface area contributed by atoms with Crippen LogP contribution >= 0.6 is 0 Å². The number of nitrogens with two attached hydrogens (primary N) is 1. The fourth-order valence-corrected chi connectivity index (χ4v) is 1.39. The highest BCUT2D eigenvalue weighted by atomic mass is 19.2. The number of halogens is 3. The maximum atomic E-state index is 13.4. The minimum absolute atomic E-state index is 0.401. The van der Waals surface area contributed by atoms with Crippen LogP contribution in [0.4, 0.5) is 18.9 Å². The summed E-state index contributed by atoms with van der Waals surface area (Å²) < 4.78 is 39.6. The topological polar surface area (TPSA) is 26.0 Å². The molecule has 1 nitrogen and oxygen atoms in total. The van der Waals surface area contributed by atoms with Gasteiger partial charge in [0.1, 0.15) is 5.82 Å². The third-order valence-electron chi connectivity index (χ3n) is 2.31. The van der Waals surface area contributed by atoms with Gasteiger partial charge >= 0.3 is 0 Å². The Balaban J connectivity index is 2.51. The number of anilines is 1. The molecule has 2 aromatic rings. The zero-order valence-electron chi connectivity index (χ0n) is 9.18. The van der Waals surface area contributed by atoms with Crippen LogP contribution in [0.3, 0.4) is 0 Å². The van der Waals surface area contributed by atoms with Crippen molar-refractivity contribution in [3.05, 3.63) is 65.0 Å². The van der Waals surface area contributed by atoms with Crippen molar-refractivity contribution in [1.82, 2.24) is 0 Å². The van der Waals surface area contributed by atoms with Crippen LogP contribution in [0, 0.1) is 29.3 Å². The molecule has 0 aliphatic rings. The van der Waals surface area contributed by atoms with Gasteiger partial charge in [-0.2, -0.15) is 0 Å². The third-order valence-corrected chi connectivity index (χ3v) is 2.31. The Labute approximate surface area is 102 Å². The second-order valence-corrected chi connectivity index (χ2v) is 3.56. The highest BCUT2D eigenvalue weighted by molar-refractivity contribution is 5.59. The van der Waals surface area contributed by atoms with Crippen LogP contribution in [-0.2, 0) is 0 Å². The Bertz CT molecular complexity index is 613. The normalized spacial score (nSPS) is 9.72. The van der Waals surface area contributed by atoms with E-state index in [1.165, 1.54) is 0 Å². The van der Waals surface area contributed by atoms with Gasteiger partial charge in [0.15, 0.2) is 11.6 Å². The fourth-order valence-electron chi connectivity index (χ4n) is 1.39. The quantitative estimate of drug-likeness (QED) is 0.432. The Hall–Kier alpha value is -2.41. The zero-order valence-corrected chi connectivity index (χ0v) is 9.18. The maximum Gasteiger partial charge on any atom is 0.176 e. The zero-order chi connectivity index (χ0) is 13.1. The van der Waals surface area contributed by atoms with Crippen LogP contribution < -0.4 is 5.73 Å². The van der Waals surface area contributed by atoms with Crippen LogP contribution in [0.25, 0.3) is 0 Å². The van der Waals surface area contributed by atoms with Crippen LogP contribution in [0.1, 0.15) is 11.1 Å². The molecule has 0 heterocycles. The summed E-state index contributed by atoms with van der Waals surface area (Å²) in [5.74, 6) is 1.38. The molecule has 2 N–H and O–H groups in total. The molecule has 0 amide bonds. The lowest BCUT2D eigenvalue weighted by atomic mass is 10.1. The molecule has 0 unspecified atom stereocenters. The number of benzene rings is 2. The summed E-state index contributed by atoms with van der Waals surface area (Å²) in [7, 11) is 0. The van der Waals surface area contributed by atoms with Crippen molar-refractivity contribution in [3.63, 3.8) is 0 Å². The second kappa shape index (κ2) is 4.84. The number of hydrogen-bond acceptors (Lipinski definition) is 1. The van der Waals surface area contributed by atoms with Gasteiger partial charge in [-0.15, -0.1) is 0 Å². The van der Waals surface area contributed by atoms with E-state index in [1.807, 2.05) is 0 Å².